The van der Waals surface area contributed by atoms with Crippen LogP contribution in [0.15, 0.2) is 0 Å². The summed E-state index contributed by atoms with van der Waals surface area (Å²) < 4.78 is 0. The molecule has 0 spiro atoms. The van der Waals surface area contributed by atoms with Gasteiger partial charge in [-0.05, 0) is 25.7 Å². The second-order valence-corrected chi connectivity index (χ2v) is 5.09. The van der Waals surface area contributed by atoms with Gasteiger partial charge in [0.25, 0.3) is 0 Å². The highest BCUT2D eigenvalue weighted by molar-refractivity contribution is 5.94. The van der Waals surface area contributed by atoms with Gasteiger partial charge in [0.05, 0.1) is 6.54 Å². The van der Waals surface area contributed by atoms with Crippen molar-refractivity contribution in [1.82, 2.24) is 10.2 Å². The molecule has 0 aliphatic carbocycles. The number of carbonyl (C=O) groups is 2. The van der Waals surface area contributed by atoms with Gasteiger partial charge in [-0.3, -0.25) is 9.59 Å². The number of amides is 2. The van der Waals surface area contributed by atoms with Gasteiger partial charge in [-0.2, -0.15) is 0 Å². The molecule has 0 aromatic carbocycles. The number of hydrogen-bond donors (Lipinski definition) is 1. The lowest BCUT2D eigenvalue weighted by molar-refractivity contribution is -0.146. The summed E-state index contributed by atoms with van der Waals surface area (Å²) in [6.45, 7) is 8.51. The van der Waals surface area contributed by atoms with Crippen molar-refractivity contribution >= 4 is 11.8 Å². The van der Waals surface area contributed by atoms with Crippen LogP contribution in [0.1, 0.15) is 47.0 Å². The van der Waals surface area contributed by atoms with Crippen LogP contribution in [0.3, 0.4) is 0 Å². The Hall–Kier alpha value is -1.06. The Morgan fingerprint density at radius 2 is 2.00 bits per heavy atom. The Bertz CT molecular complexity index is 291. The van der Waals surface area contributed by atoms with E-state index in [1.165, 1.54) is 0 Å². The van der Waals surface area contributed by atoms with Gasteiger partial charge < -0.3 is 10.2 Å². The standard InChI is InChI=1S/C13H24N2O2/c1-5-9(3)7-10(4)15-8-12(16)14-11(6-2)13(15)17/h9-11H,5-8H2,1-4H3,(H,14,16). The first-order valence-electron chi connectivity index (χ1n) is 6.59. The molecule has 17 heavy (non-hydrogen) atoms. The van der Waals surface area contributed by atoms with Crippen molar-refractivity contribution in [3.8, 4) is 0 Å². The molecular formula is C13H24N2O2. The van der Waals surface area contributed by atoms with E-state index in [1.54, 1.807) is 4.90 Å². The number of carbonyl (C=O) groups excluding carboxylic acids is 2. The van der Waals surface area contributed by atoms with E-state index in [0.29, 0.717) is 12.3 Å². The fourth-order valence-electron chi connectivity index (χ4n) is 2.26. The van der Waals surface area contributed by atoms with E-state index < -0.39 is 0 Å². The molecule has 0 aromatic heterocycles. The minimum Gasteiger partial charge on any atom is -0.343 e. The smallest absolute Gasteiger partial charge is 0.245 e. The van der Waals surface area contributed by atoms with Crippen molar-refractivity contribution in [1.29, 1.82) is 0 Å². The Labute approximate surface area is 104 Å². The lowest BCUT2D eigenvalue weighted by atomic mass is 9.98. The zero-order chi connectivity index (χ0) is 13.0. The van der Waals surface area contributed by atoms with E-state index in [2.05, 4.69) is 19.2 Å². The lowest BCUT2D eigenvalue weighted by Crippen LogP contribution is -2.60. The molecule has 3 atom stereocenters. The van der Waals surface area contributed by atoms with Crippen LogP contribution in [-0.2, 0) is 9.59 Å². The minimum absolute atomic E-state index is 0.0348. The van der Waals surface area contributed by atoms with E-state index in [0.717, 1.165) is 12.8 Å². The fourth-order valence-corrected chi connectivity index (χ4v) is 2.26. The van der Waals surface area contributed by atoms with Gasteiger partial charge in [0.1, 0.15) is 6.04 Å². The third-order valence-corrected chi connectivity index (χ3v) is 3.61. The number of nitrogens with one attached hydrogen (secondary N) is 1. The van der Waals surface area contributed by atoms with Crippen molar-refractivity contribution in [2.24, 2.45) is 5.92 Å². The summed E-state index contributed by atoms with van der Waals surface area (Å²) >= 11 is 0. The summed E-state index contributed by atoms with van der Waals surface area (Å²) in [6.07, 6.45) is 2.73. The maximum absolute atomic E-state index is 12.1. The van der Waals surface area contributed by atoms with Crippen LogP contribution in [0.25, 0.3) is 0 Å². The highest BCUT2D eigenvalue weighted by Gasteiger charge is 2.34. The maximum Gasteiger partial charge on any atom is 0.245 e. The average Bonchev–Trinajstić information content (AvgIpc) is 2.31. The first-order valence-corrected chi connectivity index (χ1v) is 6.59. The zero-order valence-electron chi connectivity index (χ0n) is 11.3. The van der Waals surface area contributed by atoms with Crippen molar-refractivity contribution in [3.05, 3.63) is 0 Å². The van der Waals surface area contributed by atoms with Crippen LogP contribution in [0, 0.1) is 5.92 Å². The van der Waals surface area contributed by atoms with Gasteiger partial charge in [-0.15, -0.1) is 0 Å². The van der Waals surface area contributed by atoms with Gasteiger partial charge in [0, 0.05) is 6.04 Å². The van der Waals surface area contributed by atoms with E-state index in [-0.39, 0.29) is 30.4 Å². The molecule has 0 aromatic rings. The van der Waals surface area contributed by atoms with Crippen molar-refractivity contribution in [2.45, 2.75) is 59.0 Å². The third-order valence-electron chi connectivity index (χ3n) is 3.61. The third kappa shape index (κ3) is 3.45. The quantitative estimate of drug-likeness (QED) is 0.792. The van der Waals surface area contributed by atoms with Crippen molar-refractivity contribution < 1.29 is 9.59 Å². The number of rotatable bonds is 5. The van der Waals surface area contributed by atoms with Crippen LogP contribution >= 0.6 is 0 Å². The Morgan fingerprint density at radius 3 is 2.53 bits per heavy atom. The second-order valence-electron chi connectivity index (χ2n) is 5.09. The van der Waals surface area contributed by atoms with E-state index >= 15 is 0 Å². The van der Waals surface area contributed by atoms with Gasteiger partial charge in [-0.1, -0.05) is 27.2 Å². The van der Waals surface area contributed by atoms with E-state index in [1.807, 2.05) is 13.8 Å². The van der Waals surface area contributed by atoms with E-state index in [4.69, 9.17) is 0 Å². The van der Waals surface area contributed by atoms with Gasteiger partial charge in [0.15, 0.2) is 0 Å². The predicted molar refractivity (Wildman–Crippen MR) is 67.5 cm³/mol. The molecule has 0 saturated carbocycles. The first-order chi connectivity index (χ1) is 7.99. The molecule has 1 aliphatic rings. The SMILES string of the molecule is CCC(C)CC(C)N1CC(=O)NC(CC)C1=O. The van der Waals surface area contributed by atoms with Crippen LogP contribution < -0.4 is 5.32 Å². The van der Waals surface area contributed by atoms with Crippen LogP contribution in [0.2, 0.25) is 0 Å². The highest BCUT2D eigenvalue weighted by atomic mass is 16.2. The molecule has 1 saturated heterocycles. The monoisotopic (exact) mass is 240 g/mol. The molecule has 4 nitrogen and oxygen atoms in total. The summed E-state index contributed by atoms with van der Waals surface area (Å²) in [7, 11) is 0. The lowest BCUT2D eigenvalue weighted by Gasteiger charge is -2.37. The van der Waals surface area contributed by atoms with Crippen LogP contribution in [-0.4, -0.2) is 35.3 Å². The summed E-state index contributed by atoms with van der Waals surface area (Å²) in [5, 5.41) is 2.74. The molecule has 0 radical (unpaired) electrons. The molecule has 1 heterocycles. The van der Waals surface area contributed by atoms with Crippen LogP contribution in [0.5, 0.6) is 0 Å². The molecule has 4 heteroatoms. The second kappa shape index (κ2) is 6.03. The molecular weight excluding hydrogens is 216 g/mol. The fraction of sp³-hybridized carbons (Fsp3) is 0.846. The topological polar surface area (TPSA) is 49.4 Å². The summed E-state index contributed by atoms with van der Waals surface area (Å²) in [4.78, 5) is 25.4. The molecule has 1 rings (SSSR count). The molecule has 1 aliphatic heterocycles. The largest absolute Gasteiger partial charge is 0.343 e. The number of nitrogens with zero attached hydrogens (tertiary/aromatic N) is 1. The predicted octanol–water partition coefficient (Wildman–Crippen LogP) is 1.55. The number of hydrogen-bond acceptors (Lipinski definition) is 2. The van der Waals surface area contributed by atoms with Gasteiger partial charge in [0.2, 0.25) is 11.8 Å². The summed E-state index contributed by atoms with van der Waals surface area (Å²) in [5.41, 5.74) is 0. The molecule has 3 unspecified atom stereocenters. The Morgan fingerprint density at radius 1 is 1.35 bits per heavy atom. The van der Waals surface area contributed by atoms with Gasteiger partial charge >= 0.3 is 0 Å². The molecule has 2 amide bonds. The minimum atomic E-state index is -0.323. The maximum atomic E-state index is 12.1. The highest BCUT2D eigenvalue weighted by Crippen LogP contribution is 2.17. The molecule has 98 valence electrons. The molecule has 0 bridgehead atoms. The average molecular weight is 240 g/mol. The van der Waals surface area contributed by atoms with Crippen LogP contribution in [0.4, 0.5) is 0 Å². The normalized spacial score (nSPS) is 24.5. The van der Waals surface area contributed by atoms with Crippen molar-refractivity contribution in [3.63, 3.8) is 0 Å². The Kier molecular flexibility index (Phi) is 4.97. The number of piperazine rings is 1. The van der Waals surface area contributed by atoms with Crippen molar-refractivity contribution in [2.75, 3.05) is 6.54 Å². The van der Waals surface area contributed by atoms with E-state index in [9.17, 15) is 9.59 Å². The molecule has 1 fully saturated rings. The van der Waals surface area contributed by atoms with Gasteiger partial charge in [-0.25, -0.2) is 0 Å². The Balaban J connectivity index is 2.67. The first kappa shape index (κ1) is 14.0. The zero-order valence-corrected chi connectivity index (χ0v) is 11.3. The molecule has 1 N–H and O–H groups in total. The summed E-state index contributed by atoms with van der Waals surface area (Å²) in [5.74, 6) is 0.623. The summed E-state index contributed by atoms with van der Waals surface area (Å²) in [6, 6.07) is -0.173.